The van der Waals surface area contributed by atoms with Crippen LogP contribution in [0.25, 0.3) is 0 Å². The van der Waals surface area contributed by atoms with Crippen molar-refractivity contribution in [3.63, 3.8) is 0 Å². The zero-order valence-electron chi connectivity index (χ0n) is 7.06. The number of hydrogen-bond donors (Lipinski definition) is 1. The molecule has 3 heteroatoms. The van der Waals surface area contributed by atoms with E-state index in [1.54, 1.807) is 7.11 Å². The first-order valence-corrected chi connectivity index (χ1v) is 4.98. The Bertz CT molecular complexity index is 253. The minimum absolute atomic E-state index is 0.774. The molecule has 2 aliphatic rings. The van der Waals surface area contributed by atoms with E-state index in [2.05, 4.69) is 27.3 Å². The van der Waals surface area contributed by atoms with Crippen molar-refractivity contribution in [2.45, 2.75) is 12.8 Å². The highest BCUT2D eigenvalue weighted by atomic mass is 79.9. The topological polar surface area (TPSA) is 21.3 Å². The summed E-state index contributed by atoms with van der Waals surface area (Å²) in [5, 5.41) is 3.37. The lowest BCUT2D eigenvalue weighted by molar-refractivity contribution is 0.301. The summed E-state index contributed by atoms with van der Waals surface area (Å²) in [5.74, 6) is 1.74. The first kappa shape index (κ1) is 8.17. The van der Waals surface area contributed by atoms with Crippen LogP contribution < -0.4 is 5.32 Å². The van der Waals surface area contributed by atoms with Crippen molar-refractivity contribution >= 4 is 15.9 Å². The van der Waals surface area contributed by atoms with Crippen LogP contribution in [0.2, 0.25) is 0 Å². The van der Waals surface area contributed by atoms with Crippen LogP contribution in [0.3, 0.4) is 0 Å². The van der Waals surface area contributed by atoms with E-state index in [9.17, 15) is 0 Å². The van der Waals surface area contributed by atoms with E-state index < -0.39 is 0 Å². The second kappa shape index (κ2) is 3.13. The van der Waals surface area contributed by atoms with Crippen LogP contribution >= 0.6 is 15.9 Å². The van der Waals surface area contributed by atoms with E-state index in [0.29, 0.717) is 0 Å². The predicted octanol–water partition coefficient (Wildman–Crippen LogP) is 2.14. The van der Waals surface area contributed by atoms with Crippen molar-refractivity contribution in [1.29, 1.82) is 0 Å². The average Bonchev–Trinajstić information content (AvgIpc) is 2.88. The zero-order valence-corrected chi connectivity index (χ0v) is 8.65. The Morgan fingerprint density at radius 1 is 1.58 bits per heavy atom. The van der Waals surface area contributed by atoms with Gasteiger partial charge < -0.3 is 10.1 Å². The predicted molar refractivity (Wildman–Crippen MR) is 51.8 cm³/mol. The third-order valence-corrected chi connectivity index (χ3v) is 2.91. The molecule has 0 aromatic heterocycles. The van der Waals surface area contributed by atoms with Crippen LogP contribution in [0.15, 0.2) is 22.0 Å². The van der Waals surface area contributed by atoms with E-state index >= 15 is 0 Å². The Morgan fingerprint density at radius 3 is 2.92 bits per heavy atom. The number of hydrogen-bond acceptors (Lipinski definition) is 2. The van der Waals surface area contributed by atoms with Gasteiger partial charge in [0.2, 0.25) is 0 Å². The fourth-order valence-corrected chi connectivity index (χ4v) is 1.78. The third kappa shape index (κ3) is 1.51. The molecule has 1 fully saturated rings. The first-order chi connectivity index (χ1) is 5.81. The van der Waals surface area contributed by atoms with Gasteiger partial charge in [-0.3, -0.25) is 0 Å². The van der Waals surface area contributed by atoms with Gasteiger partial charge in [-0.1, -0.05) is 0 Å². The van der Waals surface area contributed by atoms with Gasteiger partial charge in [0.15, 0.2) is 0 Å². The number of ether oxygens (including phenoxy) is 1. The van der Waals surface area contributed by atoms with Crippen molar-refractivity contribution in [3.8, 4) is 0 Å². The lowest BCUT2D eigenvalue weighted by atomic mass is 10.2. The minimum atomic E-state index is 0.774. The molecule has 2 nitrogen and oxygen atoms in total. The Hall–Kier alpha value is -0.440. The van der Waals surface area contributed by atoms with E-state index in [1.165, 1.54) is 18.5 Å². The maximum Gasteiger partial charge on any atom is 0.132 e. The lowest BCUT2D eigenvalue weighted by Gasteiger charge is -2.17. The fraction of sp³-hybridized carbons (Fsp3) is 0.556. The third-order valence-electron chi connectivity index (χ3n) is 2.24. The fourth-order valence-electron chi connectivity index (χ4n) is 1.36. The first-order valence-electron chi connectivity index (χ1n) is 4.19. The molecule has 2 rings (SSSR count). The molecule has 0 saturated heterocycles. The summed E-state index contributed by atoms with van der Waals surface area (Å²) in [6.07, 6.45) is 4.76. The van der Waals surface area contributed by atoms with Crippen LogP contribution in [-0.2, 0) is 4.74 Å². The van der Waals surface area contributed by atoms with Gasteiger partial charge in [-0.25, -0.2) is 0 Å². The molecule has 1 N–H and O–H groups in total. The van der Waals surface area contributed by atoms with Crippen LogP contribution in [-0.4, -0.2) is 13.7 Å². The van der Waals surface area contributed by atoms with Crippen molar-refractivity contribution < 1.29 is 4.74 Å². The van der Waals surface area contributed by atoms with Crippen molar-refractivity contribution in [3.05, 3.63) is 22.0 Å². The van der Waals surface area contributed by atoms with Gasteiger partial charge >= 0.3 is 0 Å². The number of dihydropyridines is 1. The van der Waals surface area contributed by atoms with E-state index in [-0.39, 0.29) is 0 Å². The highest BCUT2D eigenvalue weighted by molar-refractivity contribution is 9.11. The molecule has 0 unspecified atom stereocenters. The standard InChI is InChI=1S/C9H12BrNO/c1-12-9-4-8(6-2-3-6)11-5-7(9)10/h4,6,11H,2-3,5H2,1H3. The molecule has 0 bridgehead atoms. The molecule has 0 atom stereocenters. The molecule has 0 radical (unpaired) electrons. The average molecular weight is 230 g/mol. The lowest BCUT2D eigenvalue weighted by Crippen LogP contribution is -2.21. The minimum Gasteiger partial charge on any atom is -0.496 e. The summed E-state index contributed by atoms with van der Waals surface area (Å²) >= 11 is 3.46. The van der Waals surface area contributed by atoms with Crippen LogP contribution in [0.5, 0.6) is 0 Å². The molecule has 12 heavy (non-hydrogen) atoms. The summed E-state index contributed by atoms with van der Waals surface area (Å²) in [5.41, 5.74) is 1.34. The van der Waals surface area contributed by atoms with Gasteiger partial charge in [-0.2, -0.15) is 0 Å². The summed E-state index contributed by atoms with van der Waals surface area (Å²) in [7, 11) is 1.71. The number of rotatable bonds is 2. The van der Waals surface area contributed by atoms with Gasteiger partial charge in [0, 0.05) is 11.8 Å². The smallest absolute Gasteiger partial charge is 0.132 e. The van der Waals surface area contributed by atoms with Crippen molar-refractivity contribution in [1.82, 2.24) is 5.32 Å². The van der Waals surface area contributed by atoms with Gasteiger partial charge in [0.05, 0.1) is 18.1 Å². The largest absolute Gasteiger partial charge is 0.496 e. The van der Waals surface area contributed by atoms with Gasteiger partial charge in [-0.05, 0) is 34.7 Å². The van der Waals surface area contributed by atoms with Crippen molar-refractivity contribution in [2.24, 2.45) is 5.92 Å². The van der Waals surface area contributed by atoms with E-state index in [4.69, 9.17) is 4.74 Å². The summed E-state index contributed by atoms with van der Waals surface area (Å²) in [6, 6.07) is 0. The Balaban J connectivity index is 2.17. The second-order valence-electron chi connectivity index (χ2n) is 3.20. The summed E-state index contributed by atoms with van der Waals surface area (Å²) < 4.78 is 6.33. The normalized spacial score (nSPS) is 23.3. The molecule has 1 heterocycles. The molecule has 1 aliphatic carbocycles. The Kier molecular flexibility index (Phi) is 2.13. The molecule has 0 amide bonds. The maximum absolute atomic E-state index is 5.23. The highest BCUT2D eigenvalue weighted by Crippen LogP contribution is 2.37. The maximum atomic E-state index is 5.23. The molecular weight excluding hydrogens is 218 g/mol. The Morgan fingerprint density at radius 2 is 2.33 bits per heavy atom. The van der Waals surface area contributed by atoms with Crippen molar-refractivity contribution in [2.75, 3.05) is 13.7 Å². The monoisotopic (exact) mass is 229 g/mol. The molecule has 0 aromatic carbocycles. The second-order valence-corrected chi connectivity index (χ2v) is 4.16. The van der Waals surface area contributed by atoms with E-state index in [0.717, 1.165) is 22.7 Å². The summed E-state index contributed by atoms with van der Waals surface area (Å²) in [6.45, 7) is 0.867. The van der Waals surface area contributed by atoms with Crippen LogP contribution in [0, 0.1) is 5.92 Å². The van der Waals surface area contributed by atoms with Crippen LogP contribution in [0.1, 0.15) is 12.8 Å². The Labute approximate surface area is 80.8 Å². The number of allylic oxidation sites excluding steroid dienone is 2. The number of nitrogens with one attached hydrogen (secondary N) is 1. The quantitative estimate of drug-likeness (QED) is 0.784. The molecule has 0 spiro atoms. The zero-order chi connectivity index (χ0) is 8.55. The molecule has 1 saturated carbocycles. The molecule has 66 valence electrons. The molecule has 1 aliphatic heterocycles. The van der Waals surface area contributed by atoms with Gasteiger partial charge in [0.1, 0.15) is 5.76 Å². The summed E-state index contributed by atoms with van der Waals surface area (Å²) in [4.78, 5) is 0. The van der Waals surface area contributed by atoms with E-state index in [1.807, 2.05) is 0 Å². The highest BCUT2D eigenvalue weighted by Gasteiger charge is 2.28. The van der Waals surface area contributed by atoms with Gasteiger partial charge in [0.25, 0.3) is 0 Å². The molecule has 0 aromatic rings. The number of methoxy groups -OCH3 is 1. The van der Waals surface area contributed by atoms with Gasteiger partial charge in [-0.15, -0.1) is 0 Å². The molecular formula is C9H12BrNO. The van der Waals surface area contributed by atoms with Crippen LogP contribution in [0.4, 0.5) is 0 Å². The number of halogens is 1. The SMILES string of the molecule is COC1=C(Br)CNC(C2CC2)=C1.